The van der Waals surface area contributed by atoms with Crippen LogP contribution in [0.25, 0.3) is 10.1 Å². The van der Waals surface area contributed by atoms with Crippen LogP contribution in [0, 0.1) is 0 Å². The zero-order chi connectivity index (χ0) is 21.6. The SMILES string of the molecule is CNC(=O)c1sc2ccccc2c1C[C@@H]1CCCCN1C(=O)CCCc1ccccn1. The molecule has 0 saturated carbocycles. The van der Waals surface area contributed by atoms with Crippen LogP contribution in [0.4, 0.5) is 0 Å². The highest BCUT2D eigenvalue weighted by Crippen LogP contribution is 2.34. The predicted octanol–water partition coefficient (Wildman–Crippen LogP) is 4.60. The molecule has 1 fully saturated rings. The summed E-state index contributed by atoms with van der Waals surface area (Å²) >= 11 is 1.54. The standard InChI is InChI=1S/C25H29N3O2S/c1-26-25(30)24-21(20-12-2-3-13-22(20)31-24)17-19-11-5-7-16-28(19)23(29)14-8-10-18-9-4-6-15-27-18/h2-4,6,9,12-13,15,19H,5,7-8,10-11,14,16-17H2,1H3,(H,26,30)/t19-/m0/s1. The molecule has 0 spiro atoms. The van der Waals surface area contributed by atoms with E-state index in [1.807, 2.05) is 30.3 Å². The number of nitrogens with zero attached hydrogens (tertiary/aromatic N) is 2. The number of hydrogen-bond acceptors (Lipinski definition) is 4. The van der Waals surface area contributed by atoms with Crippen molar-refractivity contribution in [3.63, 3.8) is 0 Å². The van der Waals surface area contributed by atoms with Crippen LogP contribution in [0.1, 0.15) is 53.0 Å². The Hall–Kier alpha value is -2.73. The van der Waals surface area contributed by atoms with E-state index in [-0.39, 0.29) is 17.9 Å². The van der Waals surface area contributed by atoms with E-state index in [1.54, 1.807) is 24.6 Å². The summed E-state index contributed by atoms with van der Waals surface area (Å²) in [6.45, 7) is 0.810. The van der Waals surface area contributed by atoms with Gasteiger partial charge in [0.2, 0.25) is 5.91 Å². The fourth-order valence-electron chi connectivity index (χ4n) is 4.49. The van der Waals surface area contributed by atoms with Crippen molar-refractivity contribution in [3.05, 3.63) is 64.8 Å². The number of amides is 2. The summed E-state index contributed by atoms with van der Waals surface area (Å²) in [6.07, 6.45) is 7.87. The number of piperidine rings is 1. The lowest BCUT2D eigenvalue weighted by molar-refractivity contribution is -0.134. The molecule has 4 rings (SSSR count). The van der Waals surface area contributed by atoms with Gasteiger partial charge in [0.25, 0.3) is 5.91 Å². The minimum atomic E-state index is -0.0414. The third-order valence-corrected chi connectivity index (χ3v) is 7.28. The smallest absolute Gasteiger partial charge is 0.261 e. The van der Waals surface area contributed by atoms with Crippen LogP contribution in [0.3, 0.4) is 0 Å². The van der Waals surface area contributed by atoms with E-state index in [0.717, 1.165) is 71.3 Å². The first kappa shape index (κ1) is 21.5. The van der Waals surface area contributed by atoms with Gasteiger partial charge in [-0.05, 0) is 67.7 Å². The van der Waals surface area contributed by atoms with E-state index >= 15 is 0 Å². The molecule has 1 aliphatic heterocycles. The third kappa shape index (κ3) is 4.96. The summed E-state index contributed by atoms with van der Waals surface area (Å²) < 4.78 is 1.13. The molecule has 1 atom stereocenters. The Morgan fingerprint density at radius 2 is 2.00 bits per heavy atom. The fourth-order valence-corrected chi connectivity index (χ4v) is 5.66. The molecular formula is C25H29N3O2S. The first-order valence-corrected chi connectivity index (χ1v) is 11.9. The highest BCUT2D eigenvalue weighted by molar-refractivity contribution is 7.21. The second-order valence-corrected chi connectivity index (χ2v) is 9.15. The van der Waals surface area contributed by atoms with Gasteiger partial charge >= 0.3 is 0 Å². The molecule has 0 unspecified atom stereocenters. The Balaban J connectivity index is 1.49. The van der Waals surface area contributed by atoms with Gasteiger partial charge in [-0.2, -0.15) is 0 Å². The lowest BCUT2D eigenvalue weighted by Gasteiger charge is -2.36. The Morgan fingerprint density at radius 1 is 1.16 bits per heavy atom. The maximum atomic E-state index is 13.1. The number of carbonyl (C=O) groups is 2. The first-order chi connectivity index (χ1) is 15.2. The van der Waals surface area contributed by atoms with Gasteiger partial charge in [-0.3, -0.25) is 14.6 Å². The van der Waals surface area contributed by atoms with E-state index in [2.05, 4.69) is 27.3 Å². The number of hydrogen-bond donors (Lipinski definition) is 1. The number of pyridine rings is 1. The minimum Gasteiger partial charge on any atom is -0.354 e. The van der Waals surface area contributed by atoms with E-state index in [1.165, 1.54) is 0 Å². The Kier molecular flexibility index (Phi) is 6.97. The van der Waals surface area contributed by atoms with Crippen LogP contribution in [-0.2, 0) is 17.6 Å². The summed E-state index contributed by atoms with van der Waals surface area (Å²) in [5.74, 6) is 0.182. The first-order valence-electron chi connectivity index (χ1n) is 11.1. The average molecular weight is 436 g/mol. The second-order valence-electron chi connectivity index (χ2n) is 8.10. The molecule has 1 saturated heterocycles. The molecule has 0 aliphatic carbocycles. The second kappa shape index (κ2) is 10.1. The van der Waals surface area contributed by atoms with Crippen LogP contribution in [0.15, 0.2) is 48.7 Å². The van der Waals surface area contributed by atoms with Crippen LogP contribution >= 0.6 is 11.3 Å². The zero-order valence-corrected chi connectivity index (χ0v) is 18.8. The molecule has 2 aromatic heterocycles. The number of thiophene rings is 1. The number of fused-ring (bicyclic) bond motifs is 1. The molecule has 2 amide bonds. The molecule has 6 heteroatoms. The Bertz CT molecular complexity index is 1050. The van der Waals surface area contributed by atoms with Gasteiger partial charge in [0, 0.05) is 42.6 Å². The summed E-state index contributed by atoms with van der Waals surface area (Å²) in [4.78, 5) is 32.8. The summed E-state index contributed by atoms with van der Waals surface area (Å²) in [5, 5.41) is 3.92. The van der Waals surface area contributed by atoms with E-state index in [0.29, 0.717) is 6.42 Å². The largest absolute Gasteiger partial charge is 0.354 e. The van der Waals surface area contributed by atoms with Crippen molar-refractivity contribution in [3.8, 4) is 0 Å². The third-order valence-electron chi connectivity index (χ3n) is 6.07. The molecule has 1 aliphatic rings. The van der Waals surface area contributed by atoms with Crippen molar-refractivity contribution < 1.29 is 9.59 Å². The number of benzene rings is 1. The van der Waals surface area contributed by atoms with E-state index in [9.17, 15) is 9.59 Å². The monoisotopic (exact) mass is 435 g/mol. The van der Waals surface area contributed by atoms with Crippen molar-refractivity contribution in [2.24, 2.45) is 0 Å². The number of aromatic nitrogens is 1. The summed E-state index contributed by atoms with van der Waals surface area (Å²) in [7, 11) is 1.68. The highest BCUT2D eigenvalue weighted by Gasteiger charge is 2.29. The van der Waals surface area contributed by atoms with Gasteiger partial charge in [-0.1, -0.05) is 24.3 Å². The van der Waals surface area contributed by atoms with Crippen molar-refractivity contribution in [1.82, 2.24) is 15.2 Å². The normalized spacial score (nSPS) is 16.4. The van der Waals surface area contributed by atoms with Crippen LogP contribution < -0.4 is 5.32 Å². The lowest BCUT2D eigenvalue weighted by Crippen LogP contribution is -2.45. The molecule has 3 heterocycles. The molecular weight excluding hydrogens is 406 g/mol. The van der Waals surface area contributed by atoms with Crippen LogP contribution in [0.2, 0.25) is 0 Å². The number of likely N-dealkylation sites (tertiary alicyclic amines) is 1. The van der Waals surface area contributed by atoms with Gasteiger partial charge in [-0.25, -0.2) is 0 Å². The molecule has 162 valence electrons. The Labute approximate surface area is 187 Å². The van der Waals surface area contributed by atoms with Gasteiger partial charge in [-0.15, -0.1) is 11.3 Å². The van der Waals surface area contributed by atoms with Crippen molar-refractivity contribution in [2.75, 3.05) is 13.6 Å². The fraction of sp³-hybridized carbons (Fsp3) is 0.400. The number of rotatable bonds is 7. The Morgan fingerprint density at radius 3 is 2.81 bits per heavy atom. The quantitative estimate of drug-likeness (QED) is 0.590. The molecule has 3 aromatic rings. The van der Waals surface area contributed by atoms with Gasteiger partial charge in [0.05, 0.1) is 4.88 Å². The number of aryl methyl sites for hydroxylation is 1. The topological polar surface area (TPSA) is 62.3 Å². The molecule has 31 heavy (non-hydrogen) atoms. The average Bonchev–Trinajstić information content (AvgIpc) is 3.18. The van der Waals surface area contributed by atoms with Gasteiger partial charge < -0.3 is 10.2 Å². The molecule has 0 radical (unpaired) electrons. The summed E-state index contributed by atoms with van der Waals surface area (Å²) in [5.41, 5.74) is 2.11. The van der Waals surface area contributed by atoms with Gasteiger partial charge in [0.1, 0.15) is 0 Å². The van der Waals surface area contributed by atoms with Crippen molar-refractivity contribution in [1.29, 1.82) is 0 Å². The number of carbonyl (C=O) groups excluding carboxylic acids is 2. The van der Waals surface area contributed by atoms with E-state index < -0.39 is 0 Å². The molecule has 1 aromatic carbocycles. The zero-order valence-electron chi connectivity index (χ0n) is 18.0. The van der Waals surface area contributed by atoms with Crippen molar-refractivity contribution in [2.45, 2.75) is 51.0 Å². The lowest BCUT2D eigenvalue weighted by atomic mass is 9.93. The molecule has 1 N–H and O–H groups in total. The van der Waals surface area contributed by atoms with Crippen LogP contribution in [-0.4, -0.2) is 41.3 Å². The van der Waals surface area contributed by atoms with Crippen molar-refractivity contribution >= 4 is 33.2 Å². The maximum absolute atomic E-state index is 13.1. The number of nitrogens with one attached hydrogen (secondary N) is 1. The maximum Gasteiger partial charge on any atom is 0.261 e. The summed E-state index contributed by atoms with van der Waals surface area (Å²) in [6, 6.07) is 14.2. The highest BCUT2D eigenvalue weighted by atomic mass is 32.1. The molecule has 5 nitrogen and oxygen atoms in total. The predicted molar refractivity (Wildman–Crippen MR) is 125 cm³/mol. The van der Waals surface area contributed by atoms with Gasteiger partial charge in [0.15, 0.2) is 0 Å². The molecule has 0 bridgehead atoms. The van der Waals surface area contributed by atoms with E-state index in [4.69, 9.17) is 0 Å². The minimum absolute atomic E-state index is 0.0414. The van der Waals surface area contributed by atoms with Crippen LogP contribution in [0.5, 0.6) is 0 Å².